The van der Waals surface area contributed by atoms with Crippen molar-refractivity contribution in [3.63, 3.8) is 0 Å². The molecule has 0 amide bonds. The maximum Gasteiger partial charge on any atom is 0.126 e. The van der Waals surface area contributed by atoms with Crippen LogP contribution in [0.1, 0.15) is 25.8 Å². The maximum atomic E-state index is 5.83. The summed E-state index contributed by atoms with van der Waals surface area (Å²) in [7, 11) is 2.00. The van der Waals surface area contributed by atoms with E-state index in [4.69, 9.17) is 5.73 Å². The van der Waals surface area contributed by atoms with E-state index in [0.717, 1.165) is 12.0 Å². The summed E-state index contributed by atoms with van der Waals surface area (Å²) >= 11 is 0. The van der Waals surface area contributed by atoms with E-state index in [0.29, 0.717) is 17.8 Å². The number of aromatic nitrogens is 1. The Kier molecular flexibility index (Phi) is 4.56. The SMILES string of the molecule is CCC(C)C(Cc1cccnc1N)NC. The molecule has 1 heterocycles. The number of hydrogen-bond acceptors (Lipinski definition) is 3. The molecule has 3 nitrogen and oxygen atoms in total. The van der Waals surface area contributed by atoms with Crippen LogP contribution < -0.4 is 11.1 Å². The first-order valence-corrected chi connectivity index (χ1v) is 5.55. The Morgan fingerprint density at radius 1 is 1.53 bits per heavy atom. The molecular formula is C12H21N3. The van der Waals surface area contributed by atoms with Gasteiger partial charge in [0, 0.05) is 12.2 Å². The minimum atomic E-state index is 0.474. The zero-order chi connectivity index (χ0) is 11.3. The lowest BCUT2D eigenvalue weighted by Crippen LogP contribution is -2.34. The van der Waals surface area contributed by atoms with Crippen LogP contribution in [0.15, 0.2) is 18.3 Å². The summed E-state index contributed by atoms with van der Waals surface area (Å²) in [4.78, 5) is 4.10. The number of hydrogen-bond donors (Lipinski definition) is 2. The van der Waals surface area contributed by atoms with E-state index in [1.54, 1.807) is 6.20 Å². The van der Waals surface area contributed by atoms with E-state index in [1.165, 1.54) is 6.42 Å². The van der Waals surface area contributed by atoms with Gasteiger partial charge >= 0.3 is 0 Å². The standard InChI is InChI=1S/C12H21N3/c1-4-9(2)11(14-3)8-10-6-5-7-15-12(10)13/h5-7,9,11,14H,4,8H2,1-3H3,(H2,13,15). The van der Waals surface area contributed by atoms with Crippen LogP contribution in [-0.2, 0) is 6.42 Å². The van der Waals surface area contributed by atoms with Gasteiger partial charge in [-0.1, -0.05) is 26.3 Å². The van der Waals surface area contributed by atoms with Gasteiger partial charge in [-0.05, 0) is 31.0 Å². The number of anilines is 1. The highest BCUT2D eigenvalue weighted by Crippen LogP contribution is 2.16. The number of rotatable bonds is 5. The molecule has 0 bridgehead atoms. The summed E-state index contributed by atoms with van der Waals surface area (Å²) < 4.78 is 0. The Labute approximate surface area is 92.1 Å². The van der Waals surface area contributed by atoms with Crippen molar-refractivity contribution in [2.24, 2.45) is 5.92 Å². The van der Waals surface area contributed by atoms with Gasteiger partial charge in [-0.25, -0.2) is 4.98 Å². The van der Waals surface area contributed by atoms with E-state index < -0.39 is 0 Å². The number of nitrogen functional groups attached to an aromatic ring is 1. The average Bonchev–Trinajstić information content (AvgIpc) is 2.27. The van der Waals surface area contributed by atoms with Gasteiger partial charge in [0.1, 0.15) is 5.82 Å². The molecule has 0 saturated carbocycles. The van der Waals surface area contributed by atoms with Gasteiger partial charge in [-0.15, -0.1) is 0 Å². The fourth-order valence-corrected chi connectivity index (χ4v) is 1.73. The first-order valence-electron chi connectivity index (χ1n) is 5.55. The molecule has 84 valence electrons. The molecule has 1 aromatic heterocycles. The number of pyridine rings is 1. The van der Waals surface area contributed by atoms with Crippen molar-refractivity contribution in [3.8, 4) is 0 Å². The summed E-state index contributed by atoms with van der Waals surface area (Å²) in [5, 5.41) is 3.35. The lowest BCUT2D eigenvalue weighted by Gasteiger charge is -2.22. The van der Waals surface area contributed by atoms with Crippen LogP contribution in [0.3, 0.4) is 0 Å². The fourth-order valence-electron chi connectivity index (χ4n) is 1.73. The maximum absolute atomic E-state index is 5.83. The van der Waals surface area contributed by atoms with Gasteiger partial charge in [0.15, 0.2) is 0 Å². The van der Waals surface area contributed by atoms with Crippen molar-refractivity contribution in [1.29, 1.82) is 0 Å². The summed E-state index contributed by atoms with van der Waals surface area (Å²) in [5.74, 6) is 1.30. The van der Waals surface area contributed by atoms with Crippen molar-refractivity contribution in [1.82, 2.24) is 10.3 Å². The molecule has 2 unspecified atom stereocenters. The molecule has 0 saturated heterocycles. The zero-order valence-electron chi connectivity index (χ0n) is 9.83. The highest BCUT2D eigenvalue weighted by Gasteiger charge is 2.15. The van der Waals surface area contributed by atoms with E-state index in [1.807, 2.05) is 13.1 Å². The van der Waals surface area contributed by atoms with Gasteiger partial charge in [0.2, 0.25) is 0 Å². The van der Waals surface area contributed by atoms with Crippen LogP contribution in [0.5, 0.6) is 0 Å². The predicted octanol–water partition coefficient (Wildman–Crippen LogP) is 1.84. The van der Waals surface area contributed by atoms with Crippen LogP contribution in [0.25, 0.3) is 0 Å². The van der Waals surface area contributed by atoms with Crippen LogP contribution in [0.2, 0.25) is 0 Å². The topological polar surface area (TPSA) is 50.9 Å². The molecule has 0 aliphatic rings. The molecule has 3 N–H and O–H groups in total. The van der Waals surface area contributed by atoms with Crippen LogP contribution >= 0.6 is 0 Å². The average molecular weight is 207 g/mol. The third kappa shape index (κ3) is 3.20. The molecular weight excluding hydrogens is 186 g/mol. The molecule has 2 atom stereocenters. The summed E-state index contributed by atoms with van der Waals surface area (Å²) in [5.41, 5.74) is 6.96. The van der Waals surface area contributed by atoms with Gasteiger partial charge in [0.05, 0.1) is 0 Å². The normalized spacial score (nSPS) is 14.9. The van der Waals surface area contributed by atoms with Crippen molar-refractivity contribution in [3.05, 3.63) is 23.9 Å². The molecule has 0 radical (unpaired) electrons. The molecule has 0 fully saturated rings. The first-order chi connectivity index (χ1) is 7.19. The molecule has 1 aromatic rings. The highest BCUT2D eigenvalue weighted by molar-refractivity contribution is 5.38. The molecule has 1 rings (SSSR count). The molecule has 0 aliphatic heterocycles. The van der Waals surface area contributed by atoms with E-state index >= 15 is 0 Å². The van der Waals surface area contributed by atoms with E-state index in [9.17, 15) is 0 Å². The minimum Gasteiger partial charge on any atom is -0.383 e. The highest BCUT2D eigenvalue weighted by atomic mass is 14.9. The second kappa shape index (κ2) is 5.71. The van der Waals surface area contributed by atoms with Gasteiger partial charge in [0.25, 0.3) is 0 Å². The number of nitrogens with one attached hydrogen (secondary N) is 1. The third-order valence-electron chi connectivity index (χ3n) is 3.07. The Morgan fingerprint density at radius 3 is 2.80 bits per heavy atom. The summed E-state index contributed by atoms with van der Waals surface area (Å²) in [6.07, 6.45) is 3.85. The Bertz CT molecular complexity index is 299. The third-order valence-corrected chi connectivity index (χ3v) is 3.07. The minimum absolute atomic E-state index is 0.474. The molecule has 0 spiro atoms. The predicted molar refractivity (Wildman–Crippen MR) is 64.7 cm³/mol. The Balaban J connectivity index is 2.71. The van der Waals surface area contributed by atoms with Crippen molar-refractivity contribution in [2.75, 3.05) is 12.8 Å². The second-order valence-electron chi connectivity index (χ2n) is 4.03. The van der Waals surface area contributed by atoms with Crippen molar-refractivity contribution >= 4 is 5.82 Å². The van der Waals surface area contributed by atoms with Crippen molar-refractivity contribution in [2.45, 2.75) is 32.7 Å². The van der Waals surface area contributed by atoms with Crippen LogP contribution in [0.4, 0.5) is 5.82 Å². The van der Waals surface area contributed by atoms with Crippen LogP contribution in [-0.4, -0.2) is 18.1 Å². The Hall–Kier alpha value is -1.09. The number of likely N-dealkylation sites (N-methyl/N-ethyl adjacent to an activating group) is 1. The van der Waals surface area contributed by atoms with Gasteiger partial charge in [-0.3, -0.25) is 0 Å². The summed E-state index contributed by atoms with van der Waals surface area (Å²) in [6, 6.07) is 4.46. The van der Waals surface area contributed by atoms with Crippen LogP contribution in [0, 0.1) is 5.92 Å². The second-order valence-corrected chi connectivity index (χ2v) is 4.03. The fraction of sp³-hybridized carbons (Fsp3) is 0.583. The summed E-state index contributed by atoms with van der Waals surface area (Å²) in [6.45, 7) is 4.47. The van der Waals surface area contributed by atoms with Gasteiger partial charge in [-0.2, -0.15) is 0 Å². The van der Waals surface area contributed by atoms with Gasteiger partial charge < -0.3 is 11.1 Å². The lowest BCUT2D eigenvalue weighted by molar-refractivity contribution is 0.386. The smallest absolute Gasteiger partial charge is 0.126 e. The number of nitrogens with two attached hydrogens (primary N) is 1. The van der Waals surface area contributed by atoms with Crippen molar-refractivity contribution < 1.29 is 0 Å². The monoisotopic (exact) mass is 207 g/mol. The molecule has 3 heteroatoms. The molecule has 15 heavy (non-hydrogen) atoms. The lowest BCUT2D eigenvalue weighted by atomic mass is 9.93. The van der Waals surface area contributed by atoms with E-state index in [2.05, 4.69) is 30.2 Å². The number of nitrogens with zero attached hydrogens (tertiary/aromatic N) is 1. The quantitative estimate of drug-likeness (QED) is 0.774. The largest absolute Gasteiger partial charge is 0.383 e. The molecule has 0 aromatic carbocycles. The van der Waals surface area contributed by atoms with E-state index in [-0.39, 0.29) is 0 Å². The zero-order valence-corrected chi connectivity index (χ0v) is 9.83. The Morgan fingerprint density at radius 2 is 2.27 bits per heavy atom. The molecule has 0 aliphatic carbocycles. The first kappa shape index (κ1) is 12.0.